The number of halogens is 2. The van der Waals surface area contributed by atoms with Gasteiger partial charge in [-0.1, -0.05) is 11.6 Å². The van der Waals surface area contributed by atoms with Crippen molar-refractivity contribution in [3.63, 3.8) is 0 Å². The summed E-state index contributed by atoms with van der Waals surface area (Å²) < 4.78 is 1.18. The van der Waals surface area contributed by atoms with Crippen LogP contribution in [0.1, 0.15) is 21.4 Å². The average molecular weight is 351 g/mol. The fraction of sp³-hybridized carbons (Fsp3) is 0.333. The van der Waals surface area contributed by atoms with E-state index in [1.165, 1.54) is 19.1 Å². The van der Waals surface area contributed by atoms with Crippen molar-refractivity contribution < 1.29 is 0 Å². The first-order valence-corrected chi connectivity index (χ1v) is 8.13. The van der Waals surface area contributed by atoms with Gasteiger partial charge in [-0.05, 0) is 53.0 Å². The lowest BCUT2D eigenvalue weighted by Crippen LogP contribution is -2.17. The Morgan fingerprint density at radius 3 is 2.71 bits per heavy atom. The normalized spacial score (nSPS) is 12.9. The third kappa shape index (κ3) is 3.12. The van der Waals surface area contributed by atoms with Crippen LogP contribution >= 0.6 is 50.2 Å². The van der Waals surface area contributed by atoms with Crippen LogP contribution in [0.5, 0.6) is 0 Å². The second kappa shape index (κ2) is 5.85. The van der Waals surface area contributed by atoms with Gasteiger partial charge in [0, 0.05) is 22.2 Å². The Morgan fingerprint density at radius 2 is 2.24 bits per heavy atom. The van der Waals surface area contributed by atoms with Crippen LogP contribution in [0.4, 0.5) is 0 Å². The number of likely N-dealkylation sites (N-methyl/N-ethyl adjacent to an activating group) is 1. The molecule has 0 amide bonds. The van der Waals surface area contributed by atoms with E-state index in [1.54, 1.807) is 22.7 Å². The third-order valence-electron chi connectivity index (χ3n) is 2.62. The molecule has 0 spiro atoms. The summed E-state index contributed by atoms with van der Waals surface area (Å²) >= 11 is 13.3. The number of hydrogen-bond acceptors (Lipinski definition) is 3. The predicted molar refractivity (Wildman–Crippen MR) is 81.6 cm³/mol. The highest BCUT2D eigenvalue weighted by Crippen LogP contribution is 2.35. The summed E-state index contributed by atoms with van der Waals surface area (Å²) in [4.78, 5) is 2.59. The molecule has 2 heterocycles. The Balaban J connectivity index is 2.19. The van der Waals surface area contributed by atoms with Gasteiger partial charge in [0.1, 0.15) is 0 Å². The molecule has 5 heteroatoms. The molecule has 2 rings (SSSR count). The van der Waals surface area contributed by atoms with E-state index < -0.39 is 0 Å². The molecule has 2 aromatic heterocycles. The second-order valence-electron chi connectivity index (χ2n) is 3.85. The van der Waals surface area contributed by atoms with Crippen LogP contribution in [-0.4, -0.2) is 7.05 Å². The highest BCUT2D eigenvalue weighted by molar-refractivity contribution is 9.11. The molecule has 2 aromatic rings. The van der Waals surface area contributed by atoms with Crippen molar-refractivity contribution in [2.75, 3.05) is 7.05 Å². The van der Waals surface area contributed by atoms with Crippen molar-refractivity contribution >= 4 is 50.2 Å². The molecule has 0 radical (unpaired) electrons. The molecule has 1 unspecified atom stereocenters. The lowest BCUT2D eigenvalue weighted by atomic mass is 10.1. The molecular weight excluding hydrogens is 338 g/mol. The fourth-order valence-corrected chi connectivity index (χ4v) is 4.64. The van der Waals surface area contributed by atoms with Crippen LogP contribution in [0.25, 0.3) is 0 Å². The van der Waals surface area contributed by atoms with Crippen LogP contribution in [-0.2, 0) is 6.42 Å². The van der Waals surface area contributed by atoms with E-state index in [2.05, 4.69) is 45.7 Å². The first-order valence-electron chi connectivity index (χ1n) is 5.26. The number of hydrogen-bond donors (Lipinski definition) is 1. The second-order valence-corrected chi connectivity index (χ2v) is 7.68. The van der Waals surface area contributed by atoms with Crippen molar-refractivity contribution in [2.45, 2.75) is 19.4 Å². The van der Waals surface area contributed by atoms with E-state index >= 15 is 0 Å². The Labute approximate surface area is 123 Å². The smallest absolute Gasteiger partial charge is 0.0701 e. The van der Waals surface area contributed by atoms with Gasteiger partial charge in [0.2, 0.25) is 0 Å². The molecule has 17 heavy (non-hydrogen) atoms. The minimum absolute atomic E-state index is 0.298. The maximum Gasteiger partial charge on any atom is 0.0701 e. The summed E-state index contributed by atoms with van der Waals surface area (Å²) in [6.07, 6.45) is 0.979. The lowest BCUT2D eigenvalue weighted by molar-refractivity contribution is 0.607. The Morgan fingerprint density at radius 1 is 1.47 bits per heavy atom. The predicted octanol–water partition coefficient (Wildman–Crippen LogP) is 5.04. The maximum absolute atomic E-state index is 6.32. The van der Waals surface area contributed by atoms with Crippen molar-refractivity contribution in [3.8, 4) is 0 Å². The van der Waals surface area contributed by atoms with Crippen LogP contribution in [0, 0.1) is 6.92 Å². The van der Waals surface area contributed by atoms with E-state index in [0.29, 0.717) is 6.04 Å². The third-order valence-corrected chi connectivity index (χ3v) is 6.10. The van der Waals surface area contributed by atoms with E-state index in [9.17, 15) is 0 Å². The summed E-state index contributed by atoms with van der Waals surface area (Å²) in [5.74, 6) is 0. The zero-order chi connectivity index (χ0) is 12.4. The number of aryl methyl sites for hydroxylation is 1. The standard InChI is InChI=1S/C12H13BrClNS2/c1-7-6-16-12(11(7)14)9(15-2)5-8-3-4-10(13)17-8/h3-4,6,9,15H,5H2,1-2H3. The maximum atomic E-state index is 6.32. The van der Waals surface area contributed by atoms with Gasteiger partial charge < -0.3 is 5.32 Å². The Bertz CT molecular complexity index is 506. The van der Waals surface area contributed by atoms with Gasteiger partial charge in [-0.15, -0.1) is 22.7 Å². The average Bonchev–Trinajstić information content (AvgIpc) is 2.85. The zero-order valence-corrected chi connectivity index (χ0v) is 13.6. The van der Waals surface area contributed by atoms with Crippen molar-refractivity contribution in [1.82, 2.24) is 5.32 Å². The minimum Gasteiger partial charge on any atom is -0.312 e. The van der Waals surface area contributed by atoms with Crippen LogP contribution in [0.3, 0.4) is 0 Å². The highest BCUT2D eigenvalue weighted by atomic mass is 79.9. The molecule has 92 valence electrons. The van der Waals surface area contributed by atoms with Crippen molar-refractivity contribution in [2.24, 2.45) is 0 Å². The van der Waals surface area contributed by atoms with Crippen molar-refractivity contribution in [3.05, 3.63) is 41.6 Å². The van der Waals surface area contributed by atoms with Gasteiger partial charge in [0.05, 0.1) is 8.81 Å². The number of rotatable bonds is 4. The Kier molecular flexibility index (Phi) is 4.66. The number of nitrogens with one attached hydrogen (secondary N) is 1. The molecule has 0 saturated heterocycles. The van der Waals surface area contributed by atoms with Gasteiger partial charge in [-0.3, -0.25) is 0 Å². The summed E-state index contributed by atoms with van der Waals surface area (Å²) in [5, 5.41) is 6.37. The Hall–Kier alpha value is 0.130. The van der Waals surface area contributed by atoms with E-state index in [4.69, 9.17) is 11.6 Å². The zero-order valence-electron chi connectivity index (χ0n) is 9.59. The quantitative estimate of drug-likeness (QED) is 0.814. The van der Waals surface area contributed by atoms with Gasteiger partial charge in [0.25, 0.3) is 0 Å². The molecule has 0 aliphatic heterocycles. The molecule has 1 atom stereocenters. The van der Waals surface area contributed by atoms with Gasteiger partial charge in [-0.25, -0.2) is 0 Å². The van der Waals surface area contributed by atoms with Gasteiger partial charge in [-0.2, -0.15) is 0 Å². The number of thiophene rings is 2. The summed E-state index contributed by atoms with van der Waals surface area (Å²) in [7, 11) is 1.98. The minimum atomic E-state index is 0.298. The highest BCUT2D eigenvalue weighted by Gasteiger charge is 2.17. The SMILES string of the molecule is CNC(Cc1ccc(Br)s1)c1scc(C)c1Cl. The van der Waals surface area contributed by atoms with E-state index in [1.807, 2.05) is 7.05 Å². The van der Waals surface area contributed by atoms with E-state index in [0.717, 1.165) is 11.4 Å². The van der Waals surface area contributed by atoms with Crippen LogP contribution in [0.2, 0.25) is 5.02 Å². The van der Waals surface area contributed by atoms with Crippen LogP contribution in [0.15, 0.2) is 21.3 Å². The first-order chi connectivity index (χ1) is 8.11. The molecule has 0 saturated carbocycles. The van der Waals surface area contributed by atoms with Crippen LogP contribution < -0.4 is 5.32 Å². The monoisotopic (exact) mass is 349 g/mol. The molecule has 1 nitrogen and oxygen atoms in total. The first kappa shape index (κ1) is 13.6. The lowest BCUT2D eigenvalue weighted by Gasteiger charge is -2.14. The van der Waals surface area contributed by atoms with E-state index in [-0.39, 0.29) is 0 Å². The molecule has 0 aliphatic rings. The molecule has 1 N–H and O–H groups in total. The molecule has 0 aromatic carbocycles. The summed E-state index contributed by atoms with van der Waals surface area (Å²) in [6.45, 7) is 2.05. The molecule has 0 aliphatic carbocycles. The fourth-order valence-electron chi connectivity index (χ4n) is 1.67. The largest absolute Gasteiger partial charge is 0.312 e. The molecule has 0 fully saturated rings. The van der Waals surface area contributed by atoms with Crippen molar-refractivity contribution in [1.29, 1.82) is 0 Å². The van der Waals surface area contributed by atoms with Gasteiger partial charge in [0.15, 0.2) is 0 Å². The topological polar surface area (TPSA) is 12.0 Å². The van der Waals surface area contributed by atoms with Gasteiger partial charge >= 0.3 is 0 Å². The summed E-state index contributed by atoms with van der Waals surface area (Å²) in [5.41, 5.74) is 1.17. The molecular formula is C12H13BrClNS2. The molecule has 0 bridgehead atoms. The summed E-state index contributed by atoms with van der Waals surface area (Å²) in [6, 6.07) is 4.55.